The second-order valence-electron chi connectivity index (χ2n) is 6.10. The van der Waals surface area contributed by atoms with Crippen molar-refractivity contribution in [2.45, 2.75) is 36.8 Å². The van der Waals surface area contributed by atoms with Crippen molar-refractivity contribution in [3.8, 4) is 0 Å². The van der Waals surface area contributed by atoms with Crippen molar-refractivity contribution in [3.63, 3.8) is 0 Å². The molecule has 4 nitrogen and oxygen atoms in total. The Morgan fingerprint density at radius 3 is 2.19 bits per heavy atom. The minimum absolute atomic E-state index is 0.0471. The highest BCUT2D eigenvalue weighted by Gasteiger charge is 2.33. The number of hydrogen-bond acceptors (Lipinski definition) is 4. The van der Waals surface area contributed by atoms with Gasteiger partial charge in [0.2, 0.25) is 0 Å². The molecule has 7 heteroatoms. The number of amides is 1. The van der Waals surface area contributed by atoms with Crippen LogP contribution in [0.5, 0.6) is 0 Å². The fourth-order valence-corrected chi connectivity index (χ4v) is 5.03. The number of halogens is 1. The van der Waals surface area contributed by atoms with Gasteiger partial charge in [0.05, 0.1) is 5.56 Å². The van der Waals surface area contributed by atoms with Gasteiger partial charge in [-0.05, 0) is 50.0 Å². The van der Waals surface area contributed by atoms with E-state index >= 15 is 0 Å². The number of thiophene rings is 1. The highest BCUT2D eigenvalue weighted by Crippen LogP contribution is 2.36. The molecule has 0 radical (unpaired) electrons. The minimum atomic E-state index is -3.77. The molecule has 1 amide bonds. The van der Waals surface area contributed by atoms with Crippen LogP contribution in [-0.2, 0) is 9.05 Å². The van der Waals surface area contributed by atoms with Crippen LogP contribution in [0.1, 0.15) is 41.6 Å². The van der Waals surface area contributed by atoms with Gasteiger partial charge in [0, 0.05) is 29.2 Å². The Labute approximate surface area is 133 Å². The molecule has 116 valence electrons. The Kier molecular flexibility index (Phi) is 4.05. The molecule has 3 rings (SSSR count). The molecule has 0 N–H and O–H groups in total. The zero-order valence-corrected chi connectivity index (χ0v) is 14.2. The maximum Gasteiger partial charge on any atom is 0.271 e. The molecule has 2 fully saturated rings. The van der Waals surface area contributed by atoms with Gasteiger partial charge in [0.25, 0.3) is 15.0 Å². The lowest BCUT2D eigenvalue weighted by Gasteiger charge is -2.22. The van der Waals surface area contributed by atoms with Crippen molar-refractivity contribution in [2.24, 2.45) is 11.8 Å². The summed E-state index contributed by atoms with van der Waals surface area (Å²) in [7, 11) is 1.63. The number of carbonyl (C=O) groups excluding carboxylic acids is 1. The average Bonchev–Trinajstić information content (AvgIpc) is 3.29. The number of rotatable bonds is 6. The summed E-state index contributed by atoms with van der Waals surface area (Å²) in [5.74, 6) is 1.21. The van der Waals surface area contributed by atoms with Gasteiger partial charge in [-0.1, -0.05) is 0 Å². The fourth-order valence-electron chi connectivity index (χ4n) is 2.49. The fraction of sp³-hybridized carbons (Fsp3) is 0.643. The molecule has 2 saturated carbocycles. The quantitative estimate of drug-likeness (QED) is 0.742. The van der Waals surface area contributed by atoms with Crippen molar-refractivity contribution in [2.75, 3.05) is 13.1 Å². The van der Waals surface area contributed by atoms with Crippen molar-refractivity contribution in [3.05, 3.63) is 16.5 Å². The van der Waals surface area contributed by atoms with E-state index in [1.165, 1.54) is 25.7 Å². The first-order chi connectivity index (χ1) is 9.86. The topological polar surface area (TPSA) is 54.5 Å². The summed E-state index contributed by atoms with van der Waals surface area (Å²) < 4.78 is 23.1. The van der Waals surface area contributed by atoms with Crippen LogP contribution in [0.2, 0.25) is 0 Å². The molecular weight excluding hydrogens is 330 g/mol. The van der Waals surface area contributed by atoms with Gasteiger partial charge in [0.15, 0.2) is 0 Å². The first kappa shape index (κ1) is 15.3. The van der Waals surface area contributed by atoms with Crippen molar-refractivity contribution in [1.82, 2.24) is 4.90 Å². The third kappa shape index (κ3) is 3.60. The molecule has 2 aliphatic rings. The van der Waals surface area contributed by atoms with Crippen LogP contribution in [0.25, 0.3) is 0 Å². The number of nitrogens with zero attached hydrogens (tertiary/aromatic N) is 1. The van der Waals surface area contributed by atoms with Crippen molar-refractivity contribution >= 4 is 37.0 Å². The molecular formula is C14H18ClNO3S2. The van der Waals surface area contributed by atoms with E-state index in [2.05, 4.69) is 0 Å². The molecule has 1 heterocycles. The SMILES string of the molecule is Cc1c(C(=O)N(CC2CC2)CC2CC2)csc1S(=O)(=O)Cl. The zero-order valence-electron chi connectivity index (χ0n) is 11.8. The van der Waals surface area contributed by atoms with Crippen molar-refractivity contribution in [1.29, 1.82) is 0 Å². The summed E-state index contributed by atoms with van der Waals surface area (Å²) >= 11 is 1.03. The largest absolute Gasteiger partial charge is 0.338 e. The molecule has 0 bridgehead atoms. The van der Waals surface area contributed by atoms with Gasteiger partial charge in [-0.15, -0.1) is 11.3 Å². The van der Waals surface area contributed by atoms with Gasteiger partial charge in [0.1, 0.15) is 4.21 Å². The third-order valence-electron chi connectivity index (χ3n) is 4.08. The normalized spacial score (nSPS) is 18.8. The van der Waals surface area contributed by atoms with E-state index in [1.807, 2.05) is 4.90 Å². The predicted molar refractivity (Wildman–Crippen MR) is 83.4 cm³/mol. The molecule has 0 spiro atoms. The Balaban J connectivity index is 1.82. The van der Waals surface area contributed by atoms with Gasteiger partial charge in [-0.25, -0.2) is 8.42 Å². The second kappa shape index (κ2) is 5.56. The predicted octanol–water partition coefficient (Wildman–Crippen LogP) is 3.25. The van der Waals surface area contributed by atoms with Crippen LogP contribution in [0.4, 0.5) is 0 Å². The van der Waals surface area contributed by atoms with Crippen LogP contribution in [0.3, 0.4) is 0 Å². The first-order valence-electron chi connectivity index (χ1n) is 7.18. The van der Waals surface area contributed by atoms with Gasteiger partial charge >= 0.3 is 0 Å². The van der Waals surface area contributed by atoms with E-state index in [-0.39, 0.29) is 10.1 Å². The lowest BCUT2D eigenvalue weighted by Crippen LogP contribution is -2.34. The van der Waals surface area contributed by atoms with E-state index in [0.29, 0.717) is 23.0 Å². The Bertz CT molecular complexity index is 646. The molecule has 0 aromatic carbocycles. The summed E-state index contributed by atoms with van der Waals surface area (Å²) in [5, 5.41) is 1.62. The van der Waals surface area contributed by atoms with E-state index in [0.717, 1.165) is 24.4 Å². The molecule has 0 unspecified atom stereocenters. The highest BCUT2D eigenvalue weighted by molar-refractivity contribution is 8.15. The standard InChI is InChI=1S/C14H18ClNO3S2/c1-9-12(8-20-14(9)21(15,18)19)13(17)16(6-10-2-3-10)7-11-4-5-11/h8,10-11H,2-7H2,1H3. The van der Waals surface area contributed by atoms with Gasteiger partial charge in [-0.2, -0.15) is 0 Å². The Hall–Kier alpha value is -0.590. The van der Waals surface area contributed by atoms with Gasteiger partial charge < -0.3 is 4.90 Å². The molecule has 1 aromatic heterocycles. The van der Waals surface area contributed by atoms with Crippen LogP contribution < -0.4 is 0 Å². The summed E-state index contributed by atoms with van der Waals surface area (Å²) in [6.07, 6.45) is 4.77. The lowest BCUT2D eigenvalue weighted by molar-refractivity contribution is 0.0739. The molecule has 0 aliphatic heterocycles. The molecule has 2 aliphatic carbocycles. The van der Waals surface area contributed by atoms with E-state index in [9.17, 15) is 13.2 Å². The van der Waals surface area contributed by atoms with Crippen LogP contribution in [-0.4, -0.2) is 32.3 Å². The lowest BCUT2D eigenvalue weighted by atomic mass is 10.2. The van der Waals surface area contributed by atoms with Crippen LogP contribution in [0, 0.1) is 18.8 Å². The minimum Gasteiger partial charge on any atom is -0.338 e. The Morgan fingerprint density at radius 2 is 1.81 bits per heavy atom. The average molecular weight is 348 g/mol. The summed E-state index contributed by atoms with van der Waals surface area (Å²) in [6, 6.07) is 0. The number of hydrogen-bond donors (Lipinski definition) is 0. The third-order valence-corrected chi connectivity index (χ3v) is 7.39. The first-order valence-corrected chi connectivity index (χ1v) is 10.4. The maximum absolute atomic E-state index is 12.7. The number of carbonyl (C=O) groups is 1. The highest BCUT2D eigenvalue weighted by atomic mass is 35.7. The summed E-state index contributed by atoms with van der Waals surface area (Å²) in [5.41, 5.74) is 0.970. The van der Waals surface area contributed by atoms with E-state index in [4.69, 9.17) is 10.7 Å². The zero-order chi connectivity index (χ0) is 15.2. The summed E-state index contributed by atoms with van der Waals surface area (Å²) in [6.45, 7) is 3.26. The van der Waals surface area contributed by atoms with E-state index < -0.39 is 9.05 Å². The Morgan fingerprint density at radius 1 is 1.29 bits per heavy atom. The van der Waals surface area contributed by atoms with Crippen LogP contribution >= 0.6 is 22.0 Å². The van der Waals surface area contributed by atoms with E-state index in [1.54, 1.807) is 12.3 Å². The van der Waals surface area contributed by atoms with Crippen molar-refractivity contribution < 1.29 is 13.2 Å². The second-order valence-corrected chi connectivity index (χ2v) is 9.74. The smallest absolute Gasteiger partial charge is 0.271 e. The molecule has 0 saturated heterocycles. The molecule has 21 heavy (non-hydrogen) atoms. The molecule has 0 atom stereocenters. The van der Waals surface area contributed by atoms with Crippen LogP contribution in [0.15, 0.2) is 9.59 Å². The summed E-state index contributed by atoms with van der Waals surface area (Å²) in [4.78, 5) is 14.6. The van der Waals surface area contributed by atoms with Gasteiger partial charge in [-0.3, -0.25) is 4.79 Å². The molecule has 1 aromatic rings. The maximum atomic E-state index is 12.7. The monoisotopic (exact) mass is 347 g/mol.